The largest absolute Gasteiger partial charge is 0.478 e. The molecule has 1 atom stereocenters. The quantitative estimate of drug-likeness (QED) is 0.338. The van der Waals surface area contributed by atoms with Crippen molar-refractivity contribution in [1.82, 2.24) is 9.97 Å². The summed E-state index contributed by atoms with van der Waals surface area (Å²) in [6.07, 6.45) is 12.9. The molecule has 0 saturated heterocycles. The Morgan fingerprint density at radius 1 is 0.867 bits per heavy atom. The molecule has 1 aromatic carbocycles. The Hall–Kier alpha value is -5.30. The van der Waals surface area contributed by atoms with Crippen LogP contribution in [0.3, 0.4) is 0 Å². The molecule has 1 unspecified atom stereocenters. The SMILES string of the molecule is CCC1=C(C)C2Cc3ccc([nH]3)/C(c3ccc(C(=O)O)cc3)=c3/cc/c([nH]3)=C/C3=NC(=C\C4=NC(=C\C1=N2)/C=C4)/C(CC)=C3C. The predicted octanol–water partition coefficient (Wildman–Crippen LogP) is 6.13. The molecule has 224 valence electrons. The first-order chi connectivity index (χ1) is 21.8. The minimum absolute atomic E-state index is 0.0382. The number of benzene rings is 1. The highest BCUT2D eigenvalue weighted by Crippen LogP contribution is 2.31. The third-order valence-corrected chi connectivity index (χ3v) is 9.05. The molecule has 10 bridgehead atoms. The average molecular weight is 594 g/mol. The molecular formula is C38H35N5O2. The zero-order valence-electron chi connectivity index (χ0n) is 25.9. The van der Waals surface area contributed by atoms with Crippen LogP contribution in [0.1, 0.15) is 67.8 Å². The number of H-pyrrole nitrogens is 2. The van der Waals surface area contributed by atoms with Gasteiger partial charge in [0.15, 0.2) is 0 Å². The second kappa shape index (κ2) is 11.3. The number of aliphatic imine (C=N–C) groups is 3. The molecule has 3 aromatic rings. The Morgan fingerprint density at radius 2 is 1.67 bits per heavy atom. The van der Waals surface area contributed by atoms with Crippen molar-refractivity contribution in [2.24, 2.45) is 15.0 Å². The van der Waals surface area contributed by atoms with Crippen LogP contribution in [0.5, 0.6) is 0 Å². The lowest BCUT2D eigenvalue weighted by Gasteiger charge is -2.10. The lowest BCUT2D eigenvalue weighted by molar-refractivity contribution is 0.0697. The summed E-state index contributed by atoms with van der Waals surface area (Å²) in [5, 5.41) is 11.4. The maximum absolute atomic E-state index is 11.6. The lowest BCUT2D eigenvalue weighted by Crippen LogP contribution is -2.16. The fraction of sp³-hybridized carbons (Fsp3) is 0.211. The van der Waals surface area contributed by atoms with E-state index >= 15 is 0 Å². The van der Waals surface area contributed by atoms with Crippen molar-refractivity contribution >= 4 is 34.8 Å². The fourth-order valence-corrected chi connectivity index (χ4v) is 6.64. The zero-order valence-corrected chi connectivity index (χ0v) is 25.9. The van der Waals surface area contributed by atoms with Gasteiger partial charge in [0.05, 0.1) is 40.1 Å². The van der Waals surface area contributed by atoms with Crippen molar-refractivity contribution in [2.45, 2.75) is 53.0 Å². The summed E-state index contributed by atoms with van der Waals surface area (Å²) in [4.78, 5) is 34.0. The van der Waals surface area contributed by atoms with Crippen LogP contribution in [-0.4, -0.2) is 44.2 Å². The maximum atomic E-state index is 11.6. The molecule has 0 radical (unpaired) electrons. The second-order valence-electron chi connectivity index (χ2n) is 11.8. The normalized spacial score (nSPS) is 23.5. The van der Waals surface area contributed by atoms with Crippen molar-refractivity contribution < 1.29 is 9.90 Å². The van der Waals surface area contributed by atoms with Crippen LogP contribution in [-0.2, 0) is 6.42 Å². The van der Waals surface area contributed by atoms with Gasteiger partial charge < -0.3 is 15.1 Å². The molecule has 7 rings (SSSR count). The number of aromatic nitrogens is 2. The van der Waals surface area contributed by atoms with E-state index in [1.807, 2.05) is 12.1 Å². The molecule has 4 aliphatic heterocycles. The maximum Gasteiger partial charge on any atom is 0.335 e. The topological polar surface area (TPSA) is 106 Å². The molecule has 6 heterocycles. The van der Waals surface area contributed by atoms with Gasteiger partial charge in [-0.1, -0.05) is 26.0 Å². The number of allylic oxidation sites excluding steroid dienone is 7. The number of nitrogens with one attached hydrogen (secondary N) is 2. The van der Waals surface area contributed by atoms with Gasteiger partial charge in [0.1, 0.15) is 0 Å². The van der Waals surface area contributed by atoms with Crippen LogP contribution in [0, 0.1) is 0 Å². The van der Waals surface area contributed by atoms with Gasteiger partial charge in [-0.05, 0) is 121 Å². The Balaban J connectivity index is 1.44. The van der Waals surface area contributed by atoms with Crippen molar-refractivity contribution in [1.29, 1.82) is 0 Å². The number of nitrogens with zero attached hydrogens (tertiary/aromatic N) is 3. The van der Waals surface area contributed by atoms with Crippen molar-refractivity contribution in [3.63, 3.8) is 0 Å². The van der Waals surface area contributed by atoms with Crippen LogP contribution in [0.2, 0.25) is 0 Å². The number of fused-ring (bicyclic) bond motifs is 7. The molecule has 45 heavy (non-hydrogen) atoms. The van der Waals surface area contributed by atoms with E-state index in [4.69, 9.17) is 15.0 Å². The van der Waals surface area contributed by atoms with Gasteiger partial charge in [-0.15, -0.1) is 0 Å². The van der Waals surface area contributed by atoms with Crippen molar-refractivity contribution in [3.05, 3.63) is 140 Å². The van der Waals surface area contributed by atoms with Gasteiger partial charge in [0.2, 0.25) is 0 Å². The minimum atomic E-state index is -0.944. The molecule has 0 spiro atoms. The Morgan fingerprint density at radius 3 is 2.42 bits per heavy atom. The van der Waals surface area contributed by atoms with E-state index in [0.717, 1.165) is 86.6 Å². The number of aromatic carboxylic acids is 1. The fourth-order valence-electron chi connectivity index (χ4n) is 6.64. The third-order valence-electron chi connectivity index (χ3n) is 9.05. The van der Waals surface area contributed by atoms with E-state index in [1.54, 1.807) is 12.1 Å². The monoisotopic (exact) mass is 593 g/mol. The van der Waals surface area contributed by atoms with E-state index in [1.165, 1.54) is 16.7 Å². The molecule has 0 saturated carbocycles. The summed E-state index contributed by atoms with van der Waals surface area (Å²) in [6, 6.07) is 15.4. The van der Waals surface area contributed by atoms with Gasteiger partial charge in [0, 0.05) is 34.1 Å². The lowest BCUT2D eigenvalue weighted by atomic mass is 9.98. The van der Waals surface area contributed by atoms with E-state index < -0.39 is 5.97 Å². The van der Waals surface area contributed by atoms with Gasteiger partial charge >= 0.3 is 5.97 Å². The zero-order chi connectivity index (χ0) is 31.2. The summed E-state index contributed by atoms with van der Waals surface area (Å²) >= 11 is 0. The number of carbonyl (C=O) groups is 1. The molecule has 7 nitrogen and oxygen atoms in total. The van der Waals surface area contributed by atoms with E-state index in [-0.39, 0.29) is 11.6 Å². The van der Waals surface area contributed by atoms with Crippen LogP contribution in [0.15, 0.2) is 121 Å². The van der Waals surface area contributed by atoms with E-state index in [0.29, 0.717) is 0 Å². The highest BCUT2D eigenvalue weighted by molar-refractivity contribution is 6.23. The predicted molar refractivity (Wildman–Crippen MR) is 181 cm³/mol. The summed E-state index contributed by atoms with van der Waals surface area (Å²) in [5.41, 5.74) is 13.8. The Bertz CT molecular complexity index is 2140. The summed E-state index contributed by atoms with van der Waals surface area (Å²) in [6.45, 7) is 8.66. The first-order valence-electron chi connectivity index (χ1n) is 15.5. The highest BCUT2D eigenvalue weighted by atomic mass is 16.4. The molecule has 7 heteroatoms. The number of hydrogen-bond donors (Lipinski definition) is 3. The summed E-state index contributed by atoms with van der Waals surface area (Å²) in [5.74, 6) is -0.944. The first-order valence-corrected chi connectivity index (χ1v) is 15.5. The Kier molecular flexibility index (Phi) is 7.16. The third kappa shape index (κ3) is 5.24. The molecule has 4 aliphatic rings. The standard InChI is InChI=1S/C38H35N5O2/c1-5-29-21(3)33-17-27-13-15-31(40-27)37(23-7-9-24(10-8-23)38(44)45)32-16-14-28(41-32)18-34-22(4)30(6-2)36(43-34)20-26-12-11-25(39-26)19-35(29)42-33/h7-17,19-20,34,40-41H,5-6,18H2,1-4H3,(H,44,45)/b26-20-,27-17-,35-19-,37-31-. The summed E-state index contributed by atoms with van der Waals surface area (Å²) < 4.78 is 0. The van der Waals surface area contributed by atoms with Crippen LogP contribution in [0.4, 0.5) is 0 Å². The number of hydrogen-bond acceptors (Lipinski definition) is 4. The molecule has 3 N–H and O–H groups in total. The second-order valence-corrected chi connectivity index (χ2v) is 11.8. The smallest absolute Gasteiger partial charge is 0.335 e. The molecule has 0 fully saturated rings. The Labute approximate surface area is 262 Å². The minimum Gasteiger partial charge on any atom is -0.478 e. The molecular weight excluding hydrogens is 558 g/mol. The molecule has 0 aliphatic carbocycles. The summed E-state index contributed by atoms with van der Waals surface area (Å²) in [7, 11) is 0. The van der Waals surface area contributed by atoms with Crippen molar-refractivity contribution in [2.75, 3.05) is 0 Å². The van der Waals surface area contributed by atoms with Crippen LogP contribution in [0.25, 0.3) is 11.6 Å². The number of carboxylic acid groups (broad SMARTS) is 1. The van der Waals surface area contributed by atoms with Crippen LogP contribution >= 0.6 is 0 Å². The average Bonchev–Trinajstić information content (AvgIpc) is 3.86. The molecule has 0 amide bonds. The van der Waals surface area contributed by atoms with Crippen LogP contribution < -0.4 is 10.7 Å². The molecule has 2 aromatic heterocycles. The van der Waals surface area contributed by atoms with Gasteiger partial charge in [-0.25, -0.2) is 14.8 Å². The van der Waals surface area contributed by atoms with E-state index in [2.05, 4.69) is 92.3 Å². The van der Waals surface area contributed by atoms with Gasteiger partial charge in [0.25, 0.3) is 0 Å². The van der Waals surface area contributed by atoms with E-state index in [9.17, 15) is 9.90 Å². The van der Waals surface area contributed by atoms with Gasteiger partial charge in [-0.2, -0.15) is 0 Å². The number of rotatable bonds is 4. The number of aromatic amines is 2. The van der Waals surface area contributed by atoms with Crippen molar-refractivity contribution in [3.8, 4) is 0 Å². The highest BCUT2D eigenvalue weighted by Gasteiger charge is 2.25. The first kappa shape index (κ1) is 28.5. The number of carboxylic acids is 1. The van der Waals surface area contributed by atoms with Gasteiger partial charge in [-0.3, -0.25) is 4.99 Å².